The molecule has 1 unspecified atom stereocenters. The van der Waals surface area contributed by atoms with E-state index in [0.717, 1.165) is 30.7 Å². The maximum absolute atomic E-state index is 9.47. The number of methoxy groups -OCH3 is 1. The van der Waals surface area contributed by atoms with Crippen LogP contribution in [0.4, 0.5) is 5.69 Å². The number of nitriles is 1. The molecule has 1 aromatic carbocycles. The van der Waals surface area contributed by atoms with Crippen molar-refractivity contribution in [1.82, 2.24) is 0 Å². The maximum Gasteiger partial charge on any atom is 0.125 e. The average molecular weight is 244 g/mol. The van der Waals surface area contributed by atoms with Crippen LogP contribution in [0, 0.1) is 16.7 Å². The van der Waals surface area contributed by atoms with Crippen LogP contribution in [0.15, 0.2) is 24.3 Å². The van der Waals surface area contributed by atoms with Gasteiger partial charge in [-0.2, -0.15) is 5.26 Å². The minimum Gasteiger partial charge on any atom is -0.497 e. The minimum absolute atomic E-state index is 0.245. The number of hydrogen-bond acceptors (Lipinski definition) is 3. The summed E-state index contributed by atoms with van der Waals surface area (Å²) < 4.78 is 5.13. The molecule has 0 heterocycles. The third-order valence-electron chi connectivity index (χ3n) is 3.70. The number of hydrogen-bond donors (Lipinski definition) is 1. The zero-order valence-electron chi connectivity index (χ0n) is 11.3. The summed E-state index contributed by atoms with van der Waals surface area (Å²) in [4.78, 5) is 0. The Bertz CT molecular complexity index is 458. The van der Waals surface area contributed by atoms with Crippen molar-refractivity contribution in [3.05, 3.63) is 24.3 Å². The van der Waals surface area contributed by atoms with E-state index in [0.29, 0.717) is 0 Å². The minimum atomic E-state index is -0.419. The number of benzene rings is 1. The normalized spacial score (nSPS) is 25.4. The van der Waals surface area contributed by atoms with Gasteiger partial charge in [0.25, 0.3) is 0 Å². The summed E-state index contributed by atoms with van der Waals surface area (Å²) >= 11 is 0. The molecule has 1 N–H and O–H groups in total. The van der Waals surface area contributed by atoms with E-state index in [1.165, 1.54) is 0 Å². The SMILES string of the molecule is COc1ccc(NC2(C#N)CCC(C)(C)C2)cc1. The Kier molecular flexibility index (Phi) is 3.21. The molecule has 0 spiro atoms. The standard InChI is InChI=1S/C15H20N2O/c1-14(2)8-9-15(10-14,11-16)17-12-4-6-13(18-3)7-5-12/h4-7,17H,8-10H2,1-3H3. The van der Waals surface area contributed by atoms with E-state index in [1.807, 2.05) is 24.3 Å². The predicted octanol–water partition coefficient (Wildman–Crippen LogP) is 3.58. The highest BCUT2D eigenvalue weighted by atomic mass is 16.5. The number of nitrogens with zero attached hydrogens (tertiary/aromatic N) is 1. The van der Waals surface area contributed by atoms with Crippen molar-refractivity contribution < 1.29 is 4.74 Å². The van der Waals surface area contributed by atoms with E-state index in [2.05, 4.69) is 25.2 Å². The first-order valence-electron chi connectivity index (χ1n) is 6.32. The van der Waals surface area contributed by atoms with E-state index < -0.39 is 5.54 Å². The summed E-state index contributed by atoms with van der Waals surface area (Å²) in [6.45, 7) is 4.45. The summed E-state index contributed by atoms with van der Waals surface area (Å²) in [6, 6.07) is 10.2. The van der Waals surface area contributed by atoms with Crippen LogP contribution < -0.4 is 10.1 Å². The van der Waals surface area contributed by atoms with E-state index in [-0.39, 0.29) is 5.41 Å². The first-order chi connectivity index (χ1) is 8.49. The fraction of sp³-hybridized carbons (Fsp3) is 0.533. The Morgan fingerprint density at radius 1 is 1.22 bits per heavy atom. The van der Waals surface area contributed by atoms with Gasteiger partial charge in [-0.05, 0) is 48.9 Å². The molecule has 0 aromatic heterocycles. The molecule has 0 amide bonds. The monoisotopic (exact) mass is 244 g/mol. The number of nitrogens with one attached hydrogen (secondary N) is 1. The molecule has 3 heteroatoms. The van der Waals surface area contributed by atoms with Crippen molar-refractivity contribution in [2.75, 3.05) is 12.4 Å². The summed E-state index contributed by atoms with van der Waals surface area (Å²) in [5.74, 6) is 0.832. The van der Waals surface area contributed by atoms with Gasteiger partial charge in [0.15, 0.2) is 0 Å². The van der Waals surface area contributed by atoms with Crippen LogP contribution in [0.1, 0.15) is 33.1 Å². The Balaban J connectivity index is 2.14. The maximum atomic E-state index is 9.47. The van der Waals surface area contributed by atoms with Crippen LogP contribution in [0.25, 0.3) is 0 Å². The van der Waals surface area contributed by atoms with Gasteiger partial charge >= 0.3 is 0 Å². The molecule has 1 saturated carbocycles. The lowest BCUT2D eigenvalue weighted by atomic mass is 9.88. The zero-order chi connectivity index (χ0) is 13.2. The molecule has 1 fully saturated rings. The molecule has 18 heavy (non-hydrogen) atoms. The molecule has 0 aliphatic heterocycles. The van der Waals surface area contributed by atoms with Crippen LogP contribution in [0.5, 0.6) is 5.75 Å². The molecule has 1 atom stereocenters. The van der Waals surface area contributed by atoms with Gasteiger partial charge in [0.1, 0.15) is 11.3 Å². The fourth-order valence-corrected chi connectivity index (χ4v) is 2.73. The first kappa shape index (κ1) is 12.8. The Morgan fingerprint density at radius 2 is 1.89 bits per heavy atom. The van der Waals surface area contributed by atoms with E-state index in [1.54, 1.807) is 7.11 Å². The smallest absolute Gasteiger partial charge is 0.125 e. The van der Waals surface area contributed by atoms with Gasteiger partial charge in [0.2, 0.25) is 0 Å². The molecule has 1 aliphatic carbocycles. The quantitative estimate of drug-likeness (QED) is 0.884. The van der Waals surface area contributed by atoms with Crippen molar-refractivity contribution in [3.8, 4) is 11.8 Å². The second-order valence-corrected chi connectivity index (χ2v) is 5.89. The summed E-state index contributed by atoms with van der Waals surface area (Å²) in [5, 5.41) is 12.9. The number of ether oxygens (including phenoxy) is 1. The van der Waals surface area contributed by atoms with Crippen LogP contribution in [0.2, 0.25) is 0 Å². The van der Waals surface area contributed by atoms with Crippen molar-refractivity contribution in [1.29, 1.82) is 5.26 Å². The molecular formula is C15H20N2O. The molecule has 1 aliphatic rings. The van der Waals surface area contributed by atoms with Gasteiger partial charge in [0, 0.05) is 5.69 Å². The lowest BCUT2D eigenvalue weighted by molar-refractivity contribution is 0.368. The molecule has 0 saturated heterocycles. The van der Waals surface area contributed by atoms with Gasteiger partial charge in [-0.3, -0.25) is 0 Å². The average Bonchev–Trinajstić information content (AvgIpc) is 2.67. The van der Waals surface area contributed by atoms with Crippen molar-refractivity contribution >= 4 is 5.69 Å². The fourth-order valence-electron chi connectivity index (χ4n) is 2.73. The van der Waals surface area contributed by atoms with Crippen LogP contribution in [-0.2, 0) is 0 Å². The summed E-state index contributed by atoms with van der Waals surface area (Å²) in [5.41, 5.74) is 0.808. The van der Waals surface area contributed by atoms with Gasteiger partial charge in [-0.25, -0.2) is 0 Å². The van der Waals surface area contributed by atoms with E-state index >= 15 is 0 Å². The lowest BCUT2D eigenvalue weighted by Crippen LogP contribution is -2.34. The summed E-state index contributed by atoms with van der Waals surface area (Å²) in [6.07, 6.45) is 2.88. The zero-order valence-corrected chi connectivity index (χ0v) is 11.3. The van der Waals surface area contributed by atoms with Crippen molar-refractivity contribution in [3.63, 3.8) is 0 Å². The molecule has 0 bridgehead atoms. The molecule has 96 valence electrons. The lowest BCUT2D eigenvalue weighted by Gasteiger charge is -2.26. The topological polar surface area (TPSA) is 45.0 Å². The van der Waals surface area contributed by atoms with Gasteiger partial charge in [0.05, 0.1) is 13.2 Å². The van der Waals surface area contributed by atoms with E-state index in [9.17, 15) is 5.26 Å². The largest absolute Gasteiger partial charge is 0.497 e. The highest BCUT2D eigenvalue weighted by Gasteiger charge is 2.43. The van der Waals surface area contributed by atoms with Crippen molar-refractivity contribution in [2.45, 2.75) is 38.6 Å². The van der Waals surface area contributed by atoms with E-state index in [4.69, 9.17) is 4.74 Å². The Labute approximate surface area is 109 Å². The number of rotatable bonds is 3. The highest BCUT2D eigenvalue weighted by Crippen LogP contribution is 2.44. The third-order valence-corrected chi connectivity index (χ3v) is 3.70. The summed E-state index contributed by atoms with van der Waals surface area (Å²) in [7, 11) is 1.65. The predicted molar refractivity (Wildman–Crippen MR) is 72.6 cm³/mol. The molecule has 2 rings (SSSR count). The third kappa shape index (κ3) is 2.59. The second-order valence-electron chi connectivity index (χ2n) is 5.89. The van der Waals surface area contributed by atoms with Crippen molar-refractivity contribution in [2.24, 2.45) is 5.41 Å². The Hall–Kier alpha value is -1.69. The Morgan fingerprint density at radius 3 is 2.33 bits per heavy atom. The first-order valence-corrected chi connectivity index (χ1v) is 6.32. The van der Waals surface area contributed by atoms with Gasteiger partial charge < -0.3 is 10.1 Å². The molecule has 0 radical (unpaired) electrons. The number of anilines is 1. The van der Waals surface area contributed by atoms with Gasteiger partial charge in [-0.15, -0.1) is 0 Å². The van der Waals surface area contributed by atoms with Crippen LogP contribution >= 0.6 is 0 Å². The molecule has 3 nitrogen and oxygen atoms in total. The molecule has 1 aromatic rings. The highest BCUT2D eigenvalue weighted by molar-refractivity contribution is 5.50. The van der Waals surface area contributed by atoms with Crippen LogP contribution in [-0.4, -0.2) is 12.6 Å². The second kappa shape index (κ2) is 4.53. The van der Waals surface area contributed by atoms with Gasteiger partial charge in [-0.1, -0.05) is 13.8 Å². The van der Waals surface area contributed by atoms with Crippen LogP contribution in [0.3, 0.4) is 0 Å². The molecular weight excluding hydrogens is 224 g/mol.